The van der Waals surface area contributed by atoms with Crippen LogP contribution in [-0.4, -0.2) is 29.1 Å². The molecule has 0 amide bonds. The van der Waals surface area contributed by atoms with Gasteiger partial charge >= 0.3 is 0 Å². The van der Waals surface area contributed by atoms with E-state index >= 15 is 0 Å². The van der Waals surface area contributed by atoms with Crippen molar-refractivity contribution in [3.63, 3.8) is 0 Å². The van der Waals surface area contributed by atoms with Crippen molar-refractivity contribution in [2.75, 3.05) is 13.1 Å². The highest BCUT2D eigenvalue weighted by Gasteiger charge is 2.27. The minimum absolute atomic E-state index is 0.594. The Morgan fingerprint density at radius 2 is 2.31 bits per heavy atom. The number of thiazole rings is 1. The summed E-state index contributed by atoms with van der Waals surface area (Å²) in [5, 5.41) is 3.44. The van der Waals surface area contributed by atoms with Gasteiger partial charge in [0.1, 0.15) is 6.17 Å². The van der Waals surface area contributed by atoms with Crippen molar-refractivity contribution in [3.8, 4) is 0 Å². The molecule has 2 heterocycles. The Hall–Kier alpha value is -0.480. The molecule has 2 nitrogen and oxygen atoms in total. The van der Waals surface area contributed by atoms with E-state index in [0.717, 1.165) is 37.5 Å². The number of rotatable bonds is 3. The maximum Gasteiger partial charge on any atom is 0.113 e. The van der Waals surface area contributed by atoms with Crippen LogP contribution in [0.5, 0.6) is 0 Å². The number of hydrogen-bond acceptors (Lipinski definition) is 3. The number of halogens is 1. The lowest BCUT2D eigenvalue weighted by Crippen LogP contribution is -2.35. The van der Waals surface area contributed by atoms with Crippen LogP contribution in [0.15, 0.2) is 5.38 Å². The first-order valence-corrected chi connectivity index (χ1v) is 7.00. The standard InChI is InChI=1S/C12H17FN2S/c13-10-2-1-5-15(6-10)7-11-8-16-12(14-11)9-3-4-9/h8-10H,1-7H2. The van der Waals surface area contributed by atoms with E-state index in [1.54, 1.807) is 11.3 Å². The molecule has 3 rings (SSSR count). The molecule has 0 N–H and O–H groups in total. The third kappa shape index (κ3) is 2.43. The van der Waals surface area contributed by atoms with Gasteiger partial charge in [-0.15, -0.1) is 11.3 Å². The minimum atomic E-state index is -0.629. The molecule has 1 saturated heterocycles. The van der Waals surface area contributed by atoms with Gasteiger partial charge in [0.15, 0.2) is 0 Å². The van der Waals surface area contributed by atoms with E-state index < -0.39 is 6.17 Å². The van der Waals surface area contributed by atoms with E-state index in [4.69, 9.17) is 0 Å². The Kier molecular flexibility index (Phi) is 2.94. The van der Waals surface area contributed by atoms with Crippen LogP contribution in [0.2, 0.25) is 0 Å². The lowest BCUT2D eigenvalue weighted by atomic mass is 10.1. The lowest BCUT2D eigenvalue weighted by molar-refractivity contribution is 0.132. The summed E-state index contributed by atoms with van der Waals surface area (Å²) in [7, 11) is 0. The van der Waals surface area contributed by atoms with Crippen molar-refractivity contribution < 1.29 is 4.39 Å². The van der Waals surface area contributed by atoms with E-state index in [1.165, 1.54) is 17.8 Å². The zero-order valence-electron chi connectivity index (χ0n) is 9.36. The molecule has 1 aliphatic carbocycles. The molecule has 0 spiro atoms. The van der Waals surface area contributed by atoms with Crippen LogP contribution in [0.25, 0.3) is 0 Å². The number of aromatic nitrogens is 1. The van der Waals surface area contributed by atoms with Crippen LogP contribution in [0.3, 0.4) is 0 Å². The Morgan fingerprint density at radius 3 is 3.06 bits per heavy atom. The van der Waals surface area contributed by atoms with Gasteiger partial charge in [0.25, 0.3) is 0 Å². The van der Waals surface area contributed by atoms with Gasteiger partial charge in [-0.2, -0.15) is 0 Å². The molecule has 88 valence electrons. The van der Waals surface area contributed by atoms with Crippen molar-refractivity contribution in [1.29, 1.82) is 0 Å². The normalized spacial score (nSPS) is 27.2. The number of hydrogen-bond donors (Lipinski definition) is 0. The molecule has 16 heavy (non-hydrogen) atoms. The Labute approximate surface area is 99.5 Å². The van der Waals surface area contributed by atoms with Crippen LogP contribution >= 0.6 is 11.3 Å². The molecule has 2 fully saturated rings. The number of nitrogens with zero attached hydrogens (tertiary/aromatic N) is 2. The minimum Gasteiger partial charge on any atom is -0.295 e. The van der Waals surface area contributed by atoms with E-state index in [1.807, 2.05) is 0 Å². The summed E-state index contributed by atoms with van der Waals surface area (Å²) in [4.78, 5) is 6.84. The number of alkyl halides is 1. The third-order valence-electron chi connectivity index (χ3n) is 3.33. The van der Waals surface area contributed by atoms with Gasteiger partial charge in [0.2, 0.25) is 0 Å². The number of likely N-dealkylation sites (tertiary alicyclic amines) is 1. The molecule has 1 unspecified atom stereocenters. The first-order chi connectivity index (χ1) is 7.81. The second-order valence-corrected chi connectivity index (χ2v) is 5.82. The second kappa shape index (κ2) is 4.41. The molecule has 0 radical (unpaired) electrons. The van der Waals surface area contributed by atoms with Crippen LogP contribution < -0.4 is 0 Å². The Balaban J connectivity index is 1.59. The van der Waals surface area contributed by atoms with Crippen LogP contribution in [0, 0.1) is 0 Å². The van der Waals surface area contributed by atoms with Crippen LogP contribution in [-0.2, 0) is 6.54 Å². The van der Waals surface area contributed by atoms with E-state index in [9.17, 15) is 4.39 Å². The maximum atomic E-state index is 13.2. The fourth-order valence-electron chi connectivity index (χ4n) is 2.28. The van der Waals surface area contributed by atoms with Gasteiger partial charge in [0, 0.05) is 24.4 Å². The van der Waals surface area contributed by atoms with Crippen molar-refractivity contribution in [2.24, 2.45) is 0 Å². The first-order valence-electron chi connectivity index (χ1n) is 6.12. The predicted molar refractivity (Wildman–Crippen MR) is 63.5 cm³/mol. The molecule has 1 aliphatic heterocycles. The van der Waals surface area contributed by atoms with Gasteiger partial charge in [-0.1, -0.05) is 0 Å². The molecule has 1 saturated carbocycles. The topological polar surface area (TPSA) is 16.1 Å². The highest BCUT2D eigenvalue weighted by molar-refractivity contribution is 7.09. The Bertz CT molecular complexity index is 362. The van der Waals surface area contributed by atoms with Crippen LogP contribution in [0.1, 0.15) is 42.3 Å². The summed E-state index contributed by atoms with van der Waals surface area (Å²) in [5.74, 6) is 0.744. The van der Waals surface area contributed by atoms with Gasteiger partial charge in [-0.25, -0.2) is 9.37 Å². The largest absolute Gasteiger partial charge is 0.295 e. The summed E-state index contributed by atoms with van der Waals surface area (Å²) >= 11 is 1.78. The van der Waals surface area contributed by atoms with Crippen molar-refractivity contribution in [3.05, 3.63) is 16.1 Å². The summed E-state index contributed by atoms with van der Waals surface area (Å²) in [6.07, 6.45) is 3.71. The van der Waals surface area contributed by atoms with Crippen LogP contribution in [0.4, 0.5) is 4.39 Å². The molecule has 2 aliphatic rings. The zero-order chi connectivity index (χ0) is 11.0. The maximum absolute atomic E-state index is 13.2. The monoisotopic (exact) mass is 240 g/mol. The summed E-state index contributed by atoms with van der Waals surface area (Å²) < 4.78 is 13.2. The SMILES string of the molecule is FC1CCCN(Cc2csc(C3CC3)n2)C1. The highest BCUT2D eigenvalue weighted by Crippen LogP contribution is 2.41. The predicted octanol–water partition coefficient (Wildman–Crippen LogP) is 2.95. The quantitative estimate of drug-likeness (QED) is 0.807. The molecule has 1 aromatic rings. The van der Waals surface area contributed by atoms with Gasteiger partial charge < -0.3 is 0 Å². The number of piperidine rings is 1. The van der Waals surface area contributed by atoms with Crippen molar-refractivity contribution >= 4 is 11.3 Å². The van der Waals surface area contributed by atoms with Gasteiger partial charge in [-0.3, -0.25) is 4.90 Å². The average molecular weight is 240 g/mol. The van der Waals surface area contributed by atoms with E-state index in [2.05, 4.69) is 15.3 Å². The first kappa shape index (κ1) is 10.7. The lowest BCUT2D eigenvalue weighted by Gasteiger charge is -2.27. The zero-order valence-corrected chi connectivity index (χ0v) is 10.2. The average Bonchev–Trinajstić information content (AvgIpc) is 3.01. The third-order valence-corrected chi connectivity index (χ3v) is 4.39. The van der Waals surface area contributed by atoms with Gasteiger partial charge in [0.05, 0.1) is 10.7 Å². The summed E-state index contributed by atoms with van der Waals surface area (Å²) in [5.41, 5.74) is 1.14. The van der Waals surface area contributed by atoms with Crippen molar-refractivity contribution in [1.82, 2.24) is 9.88 Å². The van der Waals surface area contributed by atoms with Gasteiger partial charge in [-0.05, 0) is 32.2 Å². The molecule has 4 heteroatoms. The highest BCUT2D eigenvalue weighted by atomic mass is 32.1. The summed E-state index contributed by atoms with van der Waals surface area (Å²) in [6.45, 7) is 2.45. The molecule has 0 aromatic carbocycles. The molecule has 0 bridgehead atoms. The summed E-state index contributed by atoms with van der Waals surface area (Å²) in [6, 6.07) is 0. The molecule has 1 aromatic heterocycles. The fourth-order valence-corrected chi connectivity index (χ4v) is 3.27. The Morgan fingerprint density at radius 1 is 1.44 bits per heavy atom. The second-order valence-electron chi connectivity index (χ2n) is 4.93. The molecule has 1 atom stereocenters. The fraction of sp³-hybridized carbons (Fsp3) is 0.750. The van der Waals surface area contributed by atoms with Crippen molar-refractivity contribution in [2.45, 2.75) is 44.3 Å². The van der Waals surface area contributed by atoms with E-state index in [0.29, 0.717) is 6.54 Å². The smallest absolute Gasteiger partial charge is 0.113 e. The van der Waals surface area contributed by atoms with E-state index in [-0.39, 0.29) is 0 Å². The molecular weight excluding hydrogens is 223 g/mol. The molecular formula is C12H17FN2S.